The van der Waals surface area contributed by atoms with Crippen molar-refractivity contribution in [2.75, 3.05) is 23.9 Å². The van der Waals surface area contributed by atoms with E-state index in [4.69, 9.17) is 11.2 Å². The monoisotopic (exact) mass is 623 g/mol. The SMILES string of the molecule is C#CCn1c(=NC(=O)CS(=O)(=O)CC(=O)Nc2sc3c(c2C(=O)OC)CCCC3)sc2cc(Br)ccc21. The van der Waals surface area contributed by atoms with Crippen LogP contribution in [0.15, 0.2) is 27.7 Å². The standard InChI is InChI=1S/C24H22BrN3O6S3/c1-3-10-28-16-9-8-14(25)11-18(16)36-24(28)27-20(30)13-37(32,33)12-19(29)26-22-21(23(31)34-2)15-6-4-5-7-17(15)35-22/h1,8-9,11H,4-7,10,12-13H2,2H3,(H,26,29). The molecule has 13 heteroatoms. The lowest BCUT2D eigenvalue weighted by molar-refractivity contribution is -0.115. The van der Waals surface area contributed by atoms with Gasteiger partial charge in [-0.25, -0.2) is 13.2 Å². The van der Waals surface area contributed by atoms with Gasteiger partial charge in [0.05, 0.1) is 29.4 Å². The van der Waals surface area contributed by atoms with Crippen molar-refractivity contribution in [1.29, 1.82) is 0 Å². The number of thiazole rings is 1. The van der Waals surface area contributed by atoms with Crippen LogP contribution in [0.25, 0.3) is 10.2 Å². The highest BCUT2D eigenvalue weighted by Crippen LogP contribution is 2.38. The Morgan fingerprint density at radius 2 is 1.97 bits per heavy atom. The number of fused-ring (bicyclic) bond motifs is 2. The molecule has 1 aliphatic rings. The lowest BCUT2D eigenvalue weighted by atomic mass is 9.95. The lowest BCUT2D eigenvalue weighted by Gasteiger charge is -2.11. The lowest BCUT2D eigenvalue weighted by Crippen LogP contribution is -2.28. The van der Waals surface area contributed by atoms with Gasteiger partial charge in [0.1, 0.15) is 16.5 Å². The van der Waals surface area contributed by atoms with Gasteiger partial charge >= 0.3 is 5.97 Å². The molecule has 0 radical (unpaired) electrons. The summed E-state index contributed by atoms with van der Waals surface area (Å²) >= 11 is 5.84. The minimum atomic E-state index is -4.14. The zero-order valence-electron chi connectivity index (χ0n) is 19.7. The van der Waals surface area contributed by atoms with Crippen molar-refractivity contribution < 1.29 is 27.5 Å². The average Bonchev–Trinajstić information content (AvgIpc) is 3.34. The van der Waals surface area contributed by atoms with Crippen LogP contribution >= 0.6 is 38.6 Å². The minimum absolute atomic E-state index is 0.149. The number of nitrogens with zero attached hydrogens (tertiary/aromatic N) is 2. The molecule has 0 atom stereocenters. The molecular weight excluding hydrogens is 602 g/mol. The van der Waals surface area contributed by atoms with Crippen molar-refractivity contribution in [3.05, 3.63) is 43.5 Å². The first-order valence-electron chi connectivity index (χ1n) is 11.1. The number of carbonyl (C=O) groups is 3. The van der Waals surface area contributed by atoms with Crippen LogP contribution in [0.2, 0.25) is 0 Å². The normalized spacial score (nSPS) is 13.7. The number of sulfone groups is 1. The summed E-state index contributed by atoms with van der Waals surface area (Å²) in [5, 5.41) is 2.81. The van der Waals surface area contributed by atoms with Crippen LogP contribution in [0, 0.1) is 12.3 Å². The molecule has 9 nitrogen and oxygen atoms in total. The van der Waals surface area contributed by atoms with E-state index >= 15 is 0 Å². The van der Waals surface area contributed by atoms with E-state index in [0.717, 1.165) is 44.4 Å². The van der Waals surface area contributed by atoms with E-state index in [9.17, 15) is 22.8 Å². The quantitative estimate of drug-likeness (QED) is 0.318. The summed E-state index contributed by atoms with van der Waals surface area (Å²) in [5.41, 5.74) is 1.87. The number of amides is 2. The molecule has 3 aromatic rings. The van der Waals surface area contributed by atoms with E-state index in [1.807, 2.05) is 18.2 Å². The van der Waals surface area contributed by atoms with Crippen LogP contribution in [0.5, 0.6) is 0 Å². The molecule has 194 valence electrons. The molecule has 0 saturated heterocycles. The van der Waals surface area contributed by atoms with E-state index in [2.05, 4.69) is 32.2 Å². The van der Waals surface area contributed by atoms with Gasteiger partial charge < -0.3 is 14.6 Å². The molecule has 0 fully saturated rings. The Morgan fingerprint density at radius 3 is 2.70 bits per heavy atom. The summed E-state index contributed by atoms with van der Waals surface area (Å²) in [6.07, 6.45) is 8.82. The first-order valence-corrected chi connectivity index (χ1v) is 15.4. The fourth-order valence-electron chi connectivity index (χ4n) is 4.09. The third-order valence-corrected chi connectivity index (χ3v) is 9.75. The molecular formula is C24H22BrN3O6S3. The summed E-state index contributed by atoms with van der Waals surface area (Å²) in [7, 11) is -2.89. The van der Waals surface area contributed by atoms with Gasteiger partial charge in [-0.2, -0.15) is 4.99 Å². The number of carbonyl (C=O) groups excluding carboxylic acids is 3. The number of terminal acetylenes is 1. The van der Waals surface area contributed by atoms with Gasteiger partial charge in [0.15, 0.2) is 14.6 Å². The van der Waals surface area contributed by atoms with Crippen molar-refractivity contribution in [2.45, 2.75) is 32.2 Å². The molecule has 2 amide bonds. The van der Waals surface area contributed by atoms with Crippen molar-refractivity contribution in [3.63, 3.8) is 0 Å². The maximum atomic E-state index is 12.7. The molecule has 0 bridgehead atoms. The smallest absolute Gasteiger partial charge is 0.341 e. The molecule has 1 aliphatic carbocycles. The van der Waals surface area contributed by atoms with Crippen LogP contribution in [0.1, 0.15) is 33.6 Å². The molecule has 0 saturated carbocycles. The van der Waals surface area contributed by atoms with E-state index < -0.39 is 39.1 Å². The summed E-state index contributed by atoms with van der Waals surface area (Å²) in [6.45, 7) is 0.149. The largest absolute Gasteiger partial charge is 0.465 e. The van der Waals surface area contributed by atoms with Crippen molar-refractivity contribution in [2.24, 2.45) is 4.99 Å². The highest BCUT2D eigenvalue weighted by Gasteiger charge is 2.28. The van der Waals surface area contributed by atoms with Crippen LogP contribution in [0.3, 0.4) is 0 Å². The Hall–Kier alpha value is -2.79. The van der Waals surface area contributed by atoms with Gasteiger partial charge in [0.2, 0.25) is 5.91 Å². The number of methoxy groups -OCH3 is 1. The first kappa shape index (κ1) is 27.3. The molecule has 0 aliphatic heterocycles. The third kappa shape index (κ3) is 6.20. The average molecular weight is 625 g/mol. The molecule has 1 aromatic carbocycles. The number of esters is 1. The summed E-state index contributed by atoms with van der Waals surface area (Å²) < 4.78 is 33.5. The fraction of sp³-hybridized carbons (Fsp3) is 0.333. The number of rotatable bonds is 7. The van der Waals surface area contributed by atoms with Crippen LogP contribution in [-0.2, 0) is 43.5 Å². The molecule has 2 heterocycles. The zero-order valence-corrected chi connectivity index (χ0v) is 23.7. The molecule has 0 spiro atoms. The van der Waals surface area contributed by atoms with Gasteiger partial charge in [-0.05, 0) is 49.4 Å². The van der Waals surface area contributed by atoms with Gasteiger partial charge in [-0.1, -0.05) is 33.2 Å². The predicted molar refractivity (Wildman–Crippen MR) is 147 cm³/mol. The number of halogens is 1. The second kappa shape index (κ2) is 11.3. The number of aryl methyl sites for hydroxylation is 1. The number of benzene rings is 1. The zero-order chi connectivity index (χ0) is 26.7. The predicted octanol–water partition coefficient (Wildman–Crippen LogP) is 3.31. The summed E-state index contributed by atoms with van der Waals surface area (Å²) in [4.78, 5) is 42.8. The van der Waals surface area contributed by atoms with Crippen LogP contribution < -0.4 is 10.1 Å². The topological polar surface area (TPSA) is 124 Å². The second-order valence-corrected chi connectivity index (χ2v) is 13.4. The molecule has 4 rings (SSSR count). The number of hydrogen-bond donors (Lipinski definition) is 1. The fourth-order valence-corrected chi connectivity index (χ4v) is 8.00. The molecule has 37 heavy (non-hydrogen) atoms. The number of nitrogens with one attached hydrogen (secondary N) is 1. The number of ether oxygens (including phenoxy) is 1. The molecule has 0 unspecified atom stereocenters. The van der Waals surface area contributed by atoms with E-state index in [1.165, 1.54) is 29.8 Å². The summed E-state index contributed by atoms with van der Waals surface area (Å²) in [5.74, 6) is -1.70. The van der Waals surface area contributed by atoms with E-state index in [1.54, 1.807) is 4.57 Å². The van der Waals surface area contributed by atoms with E-state index in [0.29, 0.717) is 6.42 Å². The van der Waals surface area contributed by atoms with E-state index in [-0.39, 0.29) is 21.9 Å². The van der Waals surface area contributed by atoms with Gasteiger partial charge in [-0.3, -0.25) is 9.59 Å². The maximum Gasteiger partial charge on any atom is 0.341 e. The van der Waals surface area contributed by atoms with Crippen LogP contribution in [0.4, 0.5) is 5.00 Å². The van der Waals surface area contributed by atoms with Crippen molar-refractivity contribution >= 4 is 81.4 Å². The van der Waals surface area contributed by atoms with Crippen molar-refractivity contribution in [1.82, 2.24) is 4.57 Å². The Bertz CT molecular complexity index is 1630. The minimum Gasteiger partial charge on any atom is -0.465 e. The third-order valence-electron chi connectivity index (χ3n) is 5.62. The van der Waals surface area contributed by atoms with Crippen molar-refractivity contribution in [3.8, 4) is 12.3 Å². The number of anilines is 1. The Morgan fingerprint density at radius 1 is 1.22 bits per heavy atom. The van der Waals surface area contributed by atoms with Gasteiger partial charge in [0, 0.05) is 9.35 Å². The Balaban J connectivity index is 1.51. The highest BCUT2D eigenvalue weighted by atomic mass is 79.9. The number of thiophene rings is 1. The van der Waals surface area contributed by atoms with Crippen LogP contribution in [-0.4, -0.2) is 49.4 Å². The molecule has 2 aromatic heterocycles. The number of hydrogen-bond acceptors (Lipinski definition) is 8. The maximum absolute atomic E-state index is 12.7. The highest BCUT2D eigenvalue weighted by molar-refractivity contribution is 9.10. The Kier molecular flexibility index (Phi) is 8.33. The second-order valence-electron chi connectivity index (χ2n) is 8.28. The van der Waals surface area contributed by atoms with Gasteiger partial charge in [0.25, 0.3) is 5.91 Å². The summed E-state index contributed by atoms with van der Waals surface area (Å²) in [6, 6.07) is 5.50. The number of aromatic nitrogens is 1. The first-order chi connectivity index (χ1) is 17.6. The van der Waals surface area contributed by atoms with Gasteiger partial charge in [-0.15, -0.1) is 17.8 Å². The molecule has 1 N–H and O–H groups in total. The Labute approximate surface area is 229 Å².